The van der Waals surface area contributed by atoms with Crippen LogP contribution in [0.3, 0.4) is 0 Å². The minimum absolute atomic E-state index is 0.541. The Morgan fingerprint density at radius 1 is 0.783 bits per heavy atom. The molecule has 0 amide bonds. The zero-order valence-corrected chi connectivity index (χ0v) is 14.1. The van der Waals surface area contributed by atoms with Gasteiger partial charge in [0.25, 0.3) is 0 Å². The van der Waals surface area contributed by atoms with Crippen molar-refractivity contribution >= 4 is 23.3 Å². The number of hydrogen-bond acceptors (Lipinski definition) is 1. The molecule has 0 aliphatic heterocycles. The molecule has 2 rings (SSSR count). The fraction of sp³-hybridized carbons (Fsp3) is 0.222. The molecule has 0 saturated heterocycles. The van der Waals surface area contributed by atoms with Crippen molar-refractivity contribution < 1.29 is 0 Å². The Labute approximate surface area is 138 Å². The van der Waals surface area contributed by atoms with Gasteiger partial charge >= 0.3 is 0 Å². The van der Waals surface area contributed by atoms with E-state index in [1.807, 2.05) is 98.7 Å². The zero-order valence-electron chi connectivity index (χ0n) is 14.1. The molecule has 23 heavy (non-hydrogen) atoms. The molecule has 120 valence electrons. The molecular formula is C18H23N5. The molecule has 5 nitrogen and oxygen atoms in total. The molecule has 2 aromatic carbocycles. The third kappa shape index (κ3) is 5.14. The Bertz CT molecular complexity index is 650. The summed E-state index contributed by atoms with van der Waals surface area (Å²) in [5.41, 5.74) is 1.80. The average Bonchev–Trinajstić information content (AvgIpc) is 2.53. The predicted molar refractivity (Wildman–Crippen MR) is 98.4 cm³/mol. The fourth-order valence-electron chi connectivity index (χ4n) is 2.05. The minimum atomic E-state index is 0.541. The number of hydrogen-bond donors (Lipinski definition) is 1. The summed E-state index contributed by atoms with van der Waals surface area (Å²) in [5.74, 6) is 1.35. The molecule has 0 unspecified atom stereocenters. The van der Waals surface area contributed by atoms with Crippen LogP contribution in [0.2, 0.25) is 0 Å². The van der Waals surface area contributed by atoms with Gasteiger partial charge in [0.15, 0.2) is 0 Å². The molecule has 0 saturated carbocycles. The Balaban J connectivity index is 2.39. The van der Waals surface area contributed by atoms with E-state index in [0.29, 0.717) is 5.96 Å². The monoisotopic (exact) mass is 309 g/mol. The summed E-state index contributed by atoms with van der Waals surface area (Å²) >= 11 is 0. The van der Waals surface area contributed by atoms with E-state index in [9.17, 15) is 0 Å². The van der Waals surface area contributed by atoms with Crippen LogP contribution < -0.4 is 5.32 Å². The van der Waals surface area contributed by atoms with E-state index in [4.69, 9.17) is 0 Å². The summed E-state index contributed by atoms with van der Waals surface area (Å²) in [6.07, 6.45) is 0. The first-order valence-corrected chi connectivity index (χ1v) is 7.45. The van der Waals surface area contributed by atoms with Gasteiger partial charge in [-0.15, -0.1) is 0 Å². The summed E-state index contributed by atoms with van der Waals surface area (Å²) in [6, 6.07) is 19.7. The van der Waals surface area contributed by atoms with Crippen molar-refractivity contribution in [3.8, 4) is 0 Å². The highest BCUT2D eigenvalue weighted by molar-refractivity contribution is 6.03. The molecule has 0 spiro atoms. The van der Waals surface area contributed by atoms with E-state index in [2.05, 4.69) is 15.3 Å². The first-order valence-electron chi connectivity index (χ1n) is 7.45. The topological polar surface area (TPSA) is 43.2 Å². The first kappa shape index (κ1) is 16.5. The maximum absolute atomic E-state index is 4.67. The SMILES string of the molecule is CN(C)C(=N/C(=N\c1ccccc1)Nc1ccccc1)N(C)C. The van der Waals surface area contributed by atoms with E-state index in [-0.39, 0.29) is 0 Å². The van der Waals surface area contributed by atoms with Crippen LogP contribution in [0.5, 0.6) is 0 Å². The van der Waals surface area contributed by atoms with Crippen molar-refractivity contribution in [3.63, 3.8) is 0 Å². The average molecular weight is 309 g/mol. The van der Waals surface area contributed by atoms with Gasteiger partial charge in [-0.1, -0.05) is 36.4 Å². The Morgan fingerprint density at radius 3 is 1.83 bits per heavy atom. The highest BCUT2D eigenvalue weighted by atomic mass is 15.4. The minimum Gasteiger partial charge on any atom is -0.349 e. The van der Waals surface area contributed by atoms with Gasteiger partial charge in [0.2, 0.25) is 11.9 Å². The summed E-state index contributed by atoms with van der Waals surface area (Å²) in [4.78, 5) is 13.2. The molecule has 0 radical (unpaired) electrons. The van der Waals surface area contributed by atoms with Gasteiger partial charge in [-0.25, -0.2) is 4.99 Å². The molecule has 0 bridgehead atoms. The summed E-state index contributed by atoms with van der Waals surface area (Å²) in [6.45, 7) is 0. The molecular weight excluding hydrogens is 286 g/mol. The molecule has 5 heteroatoms. The number of anilines is 1. The highest BCUT2D eigenvalue weighted by Gasteiger charge is 2.08. The van der Waals surface area contributed by atoms with Crippen molar-refractivity contribution in [2.24, 2.45) is 9.98 Å². The van der Waals surface area contributed by atoms with Crippen LogP contribution in [0, 0.1) is 0 Å². The van der Waals surface area contributed by atoms with E-state index >= 15 is 0 Å². The summed E-state index contributed by atoms with van der Waals surface area (Å²) in [5, 5.41) is 3.28. The van der Waals surface area contributed by atoms with Gasteiger partial charge in [-0.05, 0) is 24.3 Å². The second-order valence-corrected chi connectivity index (χ2v) is 5.46. The van der Waals surface area contributed by atoms with Crippen molar-refractivity contribution in [1.29, 1.82) is 0 Å². The number of aliphatic imine (C=N–C) groups is 2. The second-order valence-electron chi connectivity index (χ2n) is 5.46. The van der Waals surface area contributed by atoms with Crippen LogP contribution in [-0.2, 0) is 0 Å². The van der Waals surface area contributed by atoms with Gasteiger partial charge in [0.1, 0.15) is 0 Å². The Kier molecular flexibility index (Phi) is 5.74. The van der Waals surface area contributed by atoms with Crippen LogP contribution >= 0.6 is 0 Å². The molecule has 0 atom stereocenters. The lowest BCUT2D eigenvalue weighted by Gasteiger charge is -2.22. The lowest BCUT2D eigenvalue weighted by molar-refractivity contribution is 0.485. The number of nitrogens with zero attached hydrogens (tertiary/aromatic N) is 4. The van der Waals surface area contributed by atoms with Crippen LogP contribution in [0.4, 0.5) is 11.4 Å². The normalized spacial score (nSPS) is 10.9. The molecule has 0 aromatic heterocycles. The van der Waals surface area contributed by atoms with Gasteiger partial charge in [-0.3, -0.25) is 0 Å². The maximum Gasteiger partial charge on any atom is 0.231 e. The fourth-order valence-corrected chi connectivity index (χ4v) is 2.05. The molecule has 1 N–H and O–H groups in total. The zero-order chi connectivity index (χ0) is 16.7. The molecule has 0 aliphatic rings. The second kappa shape index (κ2) is 7.98. The van der Waals surface area contributed by atoms with Gasteiger partial charge < -0.3 is 15.1 Å². The molecule has 2 aromatic rings. The lowest BCUT2D eigenvalue weighted by atomic mass is 10.3. The number of rotatable bonds is 2. The van der Waals surface area contributed by atoms with Crippen molar-refractivity contribution in [3.05, 3.63) is 60.7 Å². The van der Waals surface area contributed by atoms with Crippen molar-refractivity contribution in [2.45, 2.75) is 0 Å². The van der Waals surface area contributed by atoms with E-state index in [1.54, 1.807) is 0 Å². The van der Waals surface area contributed by atoms with Crippen LogP contribution in [0.1, 0.15) is 0 Å². The van der Waals surface area contributed by atoms with Crippen molar-refractivity contribution in [1.82, 2.24) is 9.80 Å². The first-order chi connectivity index (χ1) is 11.1. The standard InChI is InChI=1S/C18H23N5/c1-22(2)18(23(3)4)21-17(19-15-11-7-5-8-12-15)20-16-13-9-6-10-14-16/h5-14H,1-4H3,(H,19,20). The molecule has 0 aliphatic carbocycles. The maximum atomic E-state index is 4.67. The number of guanidine groups is 2. The third-order valence-electron chi connectivity index (χ3n) is 3.03. The van der Waals surface area contributed by atoms with Gasteiger partial charge in [0, 0.05) is 33.9 Å². The number of para-hydroxylation sites is 2. The quantitative estimate of drug-likeness (QED) is 0.684. The van der Waals surface area contributed by atoms with E-state index in [0.717, 1.165) is 17.3 Å². The van der Waals surface area contributed by atoms with Crippen LogP contribution in [-0.4, -0.2) is 49.9 Å². The number of nitrogens with one attached hydrogen (secondary N) is 1. The summed E-state index contributed by atoms with van der Waals surface area (Å²) in [7, 11) is 7.84. The van der Waals surface area contributed by atoms with Gasteiger partial charge in [0.05, 0.1) is 5.69 Å². The van der Waals surface area contributed by atoms with Gasteiger partial charge in [-0.2, -0.15) is 4.99 Å². The smallest absolute Gasteiger partial charge is 0.231 e. The van der Waals surface area contributed by atoms with Crippen LogP contribution in [0.25, 0.3) is 0 Å². The third-order valence-corrected chi connectivity index (χ3v) is 3.03. The highest BCUT2D eigenvalue weighted by Crippen LogP contribution is 2.13. The largest absolute Gasteiger partial charge is 0.349 e. The molecule has 0 fully saturated rings. The summed E-state index contributed by atoms with van der Waals surface area (Å²) < 4.78 is 0. The van der Waals surface area contributed by atoms with Crippen molar-refractivity contribution in [2.75, 3.05) is 33.5 Å². The Morgan fingerprint density at radius 2 is 1.30 bits per heavy atom. The molecule has 0 heterocycles. The van der Waals surface area contributed by atoms with Crippen LogP contribution in [0.15, 0.2) is 70.6 Å². The lowest BCUT2D eigenvalue weighted by Crippen LogP contribution is -2.36. The van der Waals surface area contributed by atoms with E-state index in [1.165, 1.54) is 0 Å². The Hall–Kier alpha value is -2.82. The van der Waals surface area contributed by atoms with E-state index < -0.39 is 0 Å². The predicted octanol–water partition coefficient (Wildman–Crippen LogP) is 3.27. The number of benzene rings is 2.